The number of hydrogen-bond acceptors (Lipinski definition) is 7. The molecule has 1 saturated heterocycles. The van der Waals surface area contributed by atoms with E-state index in [1.807, 2.05) is 0 Å². The Kier molecular flexibility index (Phi) is 4.36. The van der Waals surface area contributed by atoms with Crippen molar-refractivity contribution >= 4 is 27.4 Å². The minimum Gasteiger partial charge on any atom is -0.493 e. The highest BCUT2D eigenvalue weighted by atomic mass is 32.1. The number of nitrogens with zero attached hydrogens (tertiary/aromatic N) is 3. The van der Waals surface area contributed by atoms with Gasteiger partial charge in [0.1, 0.15) is 12.1 Å². The van der Waals surface area contributed by atoms with Crippen LogP contribution in [0, 0.1) is 0 Å². The fourth-order valence-electron chi connectivity index (χ4n) is 4.48. The summed E-state index contributed by atoms with van der Waals surface area (Å²) >= 11 is 1.70. The highest BCUT2D eigenvalue weighted by Gasteiger charge is 2.42. The second-order valence-electron chi connectivity index (χ2n) is 7.28. The van der Waals surface area contributed by atoms with Gasteiger partial charge in [0.05, 0.1) is 36.6 Å². The van der Waals surface area contributed by atoms with Crippen molar-refractivity contribution in [2.45, 2.75) is 24.9 Å². The minimum atomic E-state index is -0.259. The number of methoxy groups -OCH3 is 2. The van der Waals surface area contributed by atoms with Crippen LogP contribution in [0.4, 0.5) is 5.82 Å². The van der Waals surface area contributed by atoms with E-state index in [1.54, 1.807) is 31.9 Å². The Labute approximate surface area is 168 Å². The van der Waals surface area contributed by atoms with Crippen molar-refractivity contribution < 1.29 is 14.2 Å². The number of hydrogen-bond donors (Lipinski definition) is 0. The maximum Gasteiger partial charge on any atom is 0.161 e. The topological polar surface area (TPSA) is 56.7 Å². The lowest BCUT2D eigenvalue weighted by Gasteiger charge is -2.45. The average Bonchev–Trinajstić information content (AvgIpc) is 3.23. The lowest BCUT2D eigenvalue weighted by atomic mass is 9.79. The summed E-state index contributed by atoms with van der Waals surface area (Å²) in [7, 11) is 3.37. The molecule has 3 aromatic rings. The predicted molar refractivity (Wildman–Crippen MR) is 110 cm³/mol. The molecule has 1 spiro atoms. The van der Waals surface area contributed by atoms with Crippen LogP contribution in [0.5, 0.6) is 11.5 Å². The lowest BCUT2D eigenvalue weighted by molar-refractivity contribution is -0.0768. The van der Waals surface area contributed by atoms with Gasteiger partial charge in [0, 0.05) is 13.1 Å². The van der Waals surface area contributed by atoms with Gasteiger partial charge in [-0.15, -0.1) is 11.3 Å². The van der Waals surface area contributed by atoms with Crippen molar-refractivity contribution in [3.05, 3.63) is 41.0 Å². The van der Waals surface area contributed by atoms with Crippen molar-refractivity contribution in [3.8, 4) is 11.5 Å². The molecule has 0 atom stereocenters. The zero-order chi connectivity index (χ0) is 19.1. The zero-order valence-corrected chi connectivity index (χ0v) is 16.9. The van der Waals surface area contributed by atoms with E-state index in [0.29, 0.717) is 0 Å². The third-order valence-electron chi connectivity index (χ3n) is 5.95. The molecule has 0 unspecified atom stereocenters. The van der Waals surface area contributed by atoms with Crippen LogP contribution in [-0.4, -0.2) is 43.9 Å². The first-order chi connectivity index (χ1) is 13.7. The highest BCUT2D eigenvalue weighted by Crippen LogP contribution is 2.46. The van der Waals surface area contributed by atoms with Gasteiger partial charge in [0.15, 0.2) is 11.5 Å². The fourth-order valence-corrected chi connectivity index (χ4v) is 5.34. The average molecular weight is 398 g/mol. The third-order valence-corrected chi connectivity index (χ3v) is 6.84. The van der Waals surface area contributed by atoms with Crippen molar-refractivity contribution in [3.63, 3.8) is 0 Å². The number of ether oxygens (including phenoxy) is 3. The van der Waals surface area contributed by atoms with Gasteiger partial charge in [-0.1, -0.05) is 0 Å². The molecule has 0 N–H and O–H groups in total. The van der Waals surface area contributed by atoms with Crippen LogP contribution in [0.2, 0.25) is 0 Å². The van der Waals surface area contributed by atoms with E-state index in [9.17, 15) is 0 Å². The van der Waals surface area contributed by atoms with Crippen LogP contribution in [0.1, 0.15) is 24.0 Å². The molecule has 2 aliphatic heterocycles. The van der Waals surface area contributed by atoms with Gasteiger partial charge in [-0.3, -0.25) is 0 Å². The Balaban J connectivity index is 1.46. The first-order valence-electron chi connectivity index (χ1n) is 9.56. The van der Waals surface area contributed by atoms with Crippen LogP contribution >= 0.6 is 11.3 Å². The molecule has 0 saturated carbocycles. The molecule has 0 amide bonds. The minimum absolute atomic E-state index is 0.259. The van der Waals surface area contributed by atoms with E-state index in [0.717, 1.165) is 66.5 Å². The van der Waals surface area contributed by atoms with Gasteiger partial charge in [-0.05, 0) is 54.0 Å². The number of benzene rings is 1. The molecule has 1 fully saturated rings. The summed E-state index contributed by atoms with van der Waals surface area (Å²) in [6.45, 7) is 2.54. The Morgan fingerprint density at radius 1 is 1.11 bits per heavy atom. The van der Waals surface area contributed by atoms with Crippen LogP contribution < -0.4 is 14.4 Å². The first-order valence-corrected chi connectivity index (χ1v) is 10.4. The Morgan fingerprint density at radius 2 is 1.89 bits per heavy atom. The van der Waals surface area contributed by atoms with Gasteiger partial charge < -0.3 is 19.1 Å². The summed E-state index contributed by atoms with van der Waals surface area (Å²) in [5.74, 6) is 2.60. The van der Waals surface area contributed by atoms with Gasteiger partial charge in [-0.25, -0.2) is 9.97 Å². The quantitative estimate of drug-likeness (QED) is 0.670. The molecule has 5 rings (SSSR count). The van der Waals surface area contributed by atoms with E-state index in [4.69, 9.17) is 14.2 Å². The normalized spacial score (nSPS) is 18.3. The molecule has 2 aliphatic rings. The Morgan fingerprint density at radius 3 is 2.68 bits per heavy atom. The Bertz CT molecular complexity index is 1010. The van der Waals surface area contributed by atoms with Gasteiger partial charge in [0.25, 0.3) is 0 Å². The number of anilines is 1. The number of thiophene rings is 1. The maximum absolute atomic E-state index is 6.41. The van der Waals surface area contributed by atoms with Crippen molar-refractivity contribution in [1.29, 1.82) is 0 Å². The summed E-state index contributed by atoms with van der Waals surface area (Å²) in [5, 5.41) is 2.08. The van der Waals surface area contributed by atoms with Crippen LogP contribution in [0.15, 0.2) is 29.9 Å². The summed E-state index contributed by atoms with van der Waals surface area (Å²) in [6, 6.07) is 6.28. The molecule has 28 heavy (non-hydrogen) atoms. The highest BCUT2D eigenvalue weighted by molar-refractivity contribution is 7.17. The van der Waals surface area contributed by atoms with Crippen LogP contribution in [0.25, 0.3) is 10.2 Å². The zero-order valence-electron chi connectivity index (χ0n) is 16.1. The van der Waals surface area contributed by atoms with E-state index in [2.05, 4.69) is 38.4 Å². The molecule has 2 aromatic heterocycles. The molecule has 0 radical (unpaired) electrons. The second kappa shape index (κ2) is 6.90. The van der Waals surface area contributed by atoms with E-state index in [-0.39, 0.29) is 5.60 Å². The van der Waals surface area contributed by atoms with Gasteiger partial charge in [-0.2, -0.15) is 0 Å². The number of fused-ring (bicyclic) bond motifs is 3. The molecule has 146 valence electrons. The largest absolute Gasteiger partial charge is 0.493 e. The van der Waals surface area contributed by atoms with E-state index < -0.39 is 0 Å². The van der Waals surface area contributed by atoms with Crippen molar-refractivity contribution in [2.75, 3.05) is 38.8 Å². The molecule has 0 bridgehead atoms. The SMILES string of the molecule is COc1cc2c(cc1OC)C1(CCN(c3ncnc4ccsc34)CC1)OCC2. The monoisotopic (exact) mass is 397 g/mol. The van der Waals surface area contributed by atoms with Crippen molar-refractivity contribution in [2.24, 2.45) is 0 Å². The van der Waals surface area contributed by atoms with Gasteiger partial charge in [0.2, 0.25) is 0 Å². The summed E-state index contributed by atoms with van der Waals surface area (Å²) in [4.78, 5) is 11.3. The maximum atomic E-state index is 6.41. The molecular weight excluding hydrogens is 374 g/mol. The van der Waals surface area contributed by atoms with Gasteiger partial charge >= 0.3 is 0 Å². The van der Waals surface area contributed by atoms with Crippen LogP contribution in [0.3, 0.4) is 0 Å². The molecular formula is C21H23N3O3S. The first kappa shape index (κ1) is 17.7. The van der Waals surface area contributed by atoms with E-state index in [1.165, 1.54) is 11.1 Å². The molecule has 1 aromatic carbocycles. The molecule has 7 heteroatoms. The number of aromatic nitrogens is 2. The summed E-state index contributed by atoms with van der Waals surface area (Å²) in [5.41, 5.74) is 3.32. The standard InChI is InChI=1S/C21H23N3O3S/c1-25-17-11-14-3-9-27-21(15(14)12-18(17)26-2)5-7-24(8-6-21)20-19-16(4-10-28-19)22-13-23-20/h4,10-13H,3,5-9H2,1-2H3. The molecule has 4 heterocycles. The summed E-state index contributed by atoms with van der Waals surface area (Å²) < 4.78 is 18.6. The molecule has 6 nitrogen and oxygen atoms in total. The van der Waals surface area contributed by atoms with Crippen molar-refractivity contribution in [1.82, 2.24) is 9.97 Å². The van der Waals surface area contributed by atoms with Crippen LogP contribution in [-0.2, 0) is 16.8 Å². The lowest BCUT2D eigenvalue weighted by Crippen LogP contribution is -2.47. The smallest absolute Gasteiger partial charge is 0.161 e. The predicted octanol–water partition coefficient (Wildman–Crippen LogP) is 3.78. The fraction of sp³-hybridized carbons (Fsp3) is 0.429. The summed E-state index contributed by atoms with van der Waals surface area (Å²) in [6.07, 6.45) is 4.42. The number of piperidine rings is 1. The van der Waals surface area contributed by atoms with E-state index >= 15 is 0 Å². The second-order valence-corrected chi connectivity index (χ2v) is 8.19. The molecule has 0 aliphatic carbocycles. The number of rotatable bonds is 3. The third kappa shape index (κ3) is 2.72. The Hall–Kier alpha value is -2.38.